The zero-order valence-electron chi connectivity index (χ0n) is 13.6. The number of likely N-dealkylation sites (tertiary alicyclic amines) is 1. The van der Waals surface area contributed by atoms with E-state index in [2.05, 4.69) is 0 Å². The molecule has 1 saturated heterocycles. The van der Waals surface area contributed by atoms with Crippen LogP contribution < -0.4 is 10.0 Å². The minimum absolute atomic E-state index is 0. The molecule has 2 aromatic rings. The quantitative estimate of drug-likeness (QED) is 0.877. The summed E-state index contributed by atoms with van der Waals surface area (Å²) in [7, 11) is -3.69. The molecule has 1 amide bonds. The number of hydrogen-bond acceptors (Lipinski definition) is 4. The van der Waals surface area contributed by atoms with Gasteiger partial charge in [-0.1, -0.05) is 24.3 Å². The van der Waals surface area contributed by atoms with Crippen LogP contribution in [-0.4, -0.2) is 44.9 Å². The van der Waals surface area contributed by atoms with Crippen LogP contribution in [0.5, 0.6) is 0 Å². The van der Waals surface area contributed by atoms with E-state index in [0.717, 1.165) is 18.2 Å². The normalized spacial score (nSPS) is 20.8. The molecule has 0 aromatic heterocycles. The number of anilines is 1. The molecule has 0 spiro atoms. The molecule has 4 rings (SSSR count). The van der Waals surface area contributed by atoms with Crippen LogP contribution in [0.1, 0.15) is 12.8 Å². The van der Waals surface area contributed by atoms with E-state index < -0.39 is 10.0 Å². The van der Waals surface area contributed by atoms with Crippen LogP contribution >= 0.6 is 12.4 Å². The molecule has 1 atom stereocenters. The Labute approximate surface area is 153 Å². The largest absolute Gasteiger partial charge is 0.337 e. The zero-order chi connectivity index (χ0) is 16.9. The van der Waals surface area contributed by atoms with Gasteiger partial charge in [0.25, 0.3) is 10.0 Å². The second kappa shape index (κ2) is 6.48. The Hall–Kier alpha value is -1.83. The number of rotatable bonds is 3. The summed E-state index contributed by atoms with van der Waals surface area (Å²) in [4.78, 5) is 14.7. The van der Waals surface area contributed by atoms with Crippen LogP contribution in [0.3, 0.4) is 0 Å². The average molecular weight is 382 g/mol. The molecule has 0 saturated carbocycles. The van der Waals surface area contributed by atoms with Crippen LogP contribution in [0.15, 0.2) is 41.3 Å². The average Bonchev–Trinajstić information content (AvgIpc) is 3.14. The lowest BCUT2D eigenvalue weighted by Crippen LogP contribution is -2.46. The summed E-state index contributed by atoms with van der Waals surface area (Å²) in [5.41, 5.74) is 6.31. The van der Waals surface area contributed by atoms with Crippen LogP contribution in [0.25, 0.3) is 10.8 Å². The van der Waals surface area contributed by atoms with E-state index in [1.54, 1.807) is 23.1 Å². The first-order valence-electron chi connectivity index (χ1n) is 8.08. The van der Waals surface area contributed by atoms with Crippen molar-refractivity contribution in [3.63, 3.8) is 0 Å². The van der Waals surface area contributed by atoms with E-state index in [-0.39, 0.29) is 35.8 Å². The monoisotopic (exact) mass is 381 g/mol. The van der Waals surface area contributed by atoms with Gasteiger partial charge >= 0.3 is 0 Å². The van der Waals surface area contributed by atoms with Gasteiger partial charge in [-0.15, -0.1) is 12.4 Å². The maximum atomic E-state index is 12.9. The Morgan fingerprint density at radius 3 is 2.64 bits per heavy atom. The number of nitrogens with zero attached hydrogens (tertiary/aromatic N) is 2. The van der Waals surface area contributed by atoms with Gasteiger partial charge in [0, 0.05) is 24.5 Å². The highest BCUT2D eigenvalue weighted by Gasteiger charge is 2.38. The molecular weight excluding hydrogens is 362 g/mol. The Kier molecular flexibility index (Phi) is 4.66. The van der Waals surface area contributed by atoms with Crippen LogP contribution in [-0.2, 0) is 14.8 Å². The molecule has 2 N–H and O–H groups in total. The second-order valence-corrected chi connectivity index (χ2v) is 8.09. The Bertz CT molecular complexity index is 927. The van der Waals surface area contributed by atoms with Crippen molar-refractivity contribution >= 4 is 44.8 Å². The fourth-order valence-electron chi connectivity index (χ4n) is 3.75. The first-order chi connectivity index (χ1) is 11.5. The van der Waals surface area contributed by atoms with E-state index in [1.165, 1.54) is 4.31 Å². The topological polar surface area (TPSA) is 83.7 Å². The van der Waals surface area contributed by atoms with Gasteiger partial charge < -0.3 is 10.6 Å². The van der Waals surface area contributed by atoms with Crippen molar-refractivity contribution in [2.75, 3.05) is 23.9 Å². The van der Waals surface area contributed by atoms with Crippen molar-refractivity contribution in [3.05, 3.63) is 36.4 Å². The predicted octanol–water partition coefficient (Wildman–Crippen LogP) is 1.72. The maximum Gasteiger partial charge on any atom is 0.265 e. The van der Waals surface area contributed by atoms with Crippen molar-refractivity contribution < 1.29 is 13.2 Å². The summed E-state index contributed by atoms with van der Waals surface area (Å²) in [5, 5.41) is 1.56. The standard InChI is InChI=1S/C17H19N3O3S.ClH/c18-10-13-6-3-9-19(13)16(21)11-20-14-7-1-4-12-5-2-8-15(17(12)14)24(20,22)23;/h1-2,4-5,7-8,13H,3,6,9-11,18H2;1H. The van der Waals surface area contributed by atoms with Gasteiger partial charge in [-0.25, -0.2) is 8.42 Å². The number of carbonyl (C=O) groups is 1. The Balaban J connectivity index is 0.00000182. The minimum Gasteiger partial charge on any atom is -0.337 e. The Morgan fingerprint density at radius 2 is 1.92 bits per heavy atom. The molecule has 1 fully saturated rings. The molecule has 0 bridgehead atoms. The van der Waals surface area contributed by atoms with E-state index in [1.807, 2.05) is 18.2 Å². The van der Waals surface area contributed by atoms with Gasteiger partial charge in [-0.3, -0.25) is 9.10 Å². The molecule has 0 aliphatic carbocycles. The summed E-state index contributed by atoms with van der Waals surface area (Å²) < 4.78 is 27.0. The first kappa shape index (κ1) is 18.0. The summed E-state index contributed by atoms with van der Waals surface area (Å²) >= 11 is 0. The van der Waals surface area contributed by atoms with Crippen LogP contribution in [0.4, 0.5) is 5.69 Å². The smallest absolute Gasteiger partial charge is 0.265 e. The number of hydrogen-bond donors (Lipinski definition) is 1. The minimum atomic E-state index is -3.69. The van der Waals surface area contributed by atoms with Crippen molar-refractivity contribution in [3.8, 4) is 0 Å². The SMILES string of the molecule is Cl.NCC1CCCN1C(=O)CN1c2cccc3cccc(c23)S1(=O)=O. The van der Waals surface area contributed by atoms with Gasteiger partial charge in [0.15, 0.2) is 0 Å². The number of nitrogens with two attached hydrogens (primary N) is 1. The maximum absolute atomic E-state index is 12.9. The molecule has 0 radical (unpaired) electrons. The number of benzene rings is 2. The van der Waals surface area contributed by atoms with Crippen molar-refractivity contribution in [2.24, 2.45) is 5.73 Å². The second-order valence-electron chi connectivity index (χ2n) is 6.26. The van der Waals surface area contributed by atoms with E-state index >= 15 is 0 Å². The first-order valence-corrected chi connectivity index (χ1v) is 9.52. The van der Waals surface area contributed by atoms with Crippen molar-refractivity contribution in [2.45, 2.75) is 23.8 Å². The fraction of sp³-hybridized carbons (Fsp3) is 0.353. The summed E-state index contributed by atoms with van der Waals surface area (Å²) in [6.07, 6.45) is 1.79. The lowest BCUT2D eigenvalue weighted by Gasteiger charge is -2.26. The van der Waals surface area contributed by atoms with Crippen LogP contribution in [0.2, 0.25) is 0 Å². The molecule has 25 heavy (non-hydrogen) atoms. The highest BCUT2D eigenvalue weighted by Crippen LogP contribution is 2.41. The highest BCUT2D eigenvalue weighted by atomic mass is 35.5. The third-order valence-electron chi connectivity index (χ3n) is 4.93. The molecule has 6 nitrogen and oxygen atoms in total. The lowest BCUT2D eigenvalue weighted by atomic mass is 10.1. The molecule has 2 heterocycles. The molecular formula is C17H20ClN3O3S. The summed E-state index contributed by atoms with van der Waals surface area (Å²) in [6, 6.07) is 10.7. The van der Waals surface area contributed by atoms with Crippen LogP contribution in [0, 0.1) is 0 Å². The van der Waals surface area contributed by atoms with E-state index in [0.29, 0.717) is 24.2 Å². The summed E-state index contributed by atoms with van der Waals surface area (Å²) in [5.74, 6) is -0.184. The third kappa shape index (κ3) is 2.67. The summed E-state index contributed by atoms with van der Waals surface area (Å²) in [6.45, 7) is 0.882. The third-order valence-corrected chi connectivity index (χ3v) is 6.73. The Morgan fingerprint density at radius 1 is 1.20 bits per heavy atom. The van der Waals surface area contributed by atoms with Gasteiger partial charge in [0.2, 0.25) is 5.91 Å². The predicted molar refractivity (Wildman–Crippen MR) is 99.5 cm³/mol. The number of halogens is 1. The molecule has 2 aromatic carbocycles. The molecule has 2 aliphatic rings. The van der Waals surface area contributed by atoms with Crippen molar-refractivity contribution in [1.82, 2.24) is 4.90 Å². The molecule has 2 aliphatic heterocycles. The van der Waals surface area contributed by atoms with Crippen molar-refractivity contribution in [1.29, 1.82) is 0 Å². The number of amides is 1. The highest BCUT2D eigenvalue weighted by molar-refractivity contribution is 7.93. The lowest BCUT2D eigenvalue weighted by molar-refractivity contribution is -0.130. The van der Waals surface area contributed by atoms with E-state index in [4.69, 9.17) is 5.73 Å². The fourth-order valence-corrected chi connectivity index (χ4v) is 5.41. The molecule has 134 valence electrons. The van der Waals surface area contributed by atoms with Gasteiger partial charge in [0.05, 0.1) is 10.6 Å². The van der Waals surface area contributed by atoms with Gasteiger partial charge in [0.1, 0.15) is 6.54 Å². The molecule has 8 heteroatoms. The molecule has 1 unspecified atom stereocenters. The zero-order valence-corrected chi connectivity index (χ0v) is 15.2. The number of carbonyl (C=O) groups excluding carboxylic acids is 1. The van der Waals surface area contributed by atoms with Gasteiger partial charge in [-0.05, 0) is 30.4 Å². The number of sulfonamides is 1. The van der Waals surface area contributed by atoms with Gasteiger partial charge in [-0.2, -0.15) is 0 Å². The van der Waals surface area contributed by atoms with E-state index in [9.17, 15) is 13.2 Å².